The highest BCUT2D eigenvalue weighted by molar-refractivity contribution is 5.95. The Morgan fingerprint density at radius 1 is 0.227 bits per heavy atom. The van der Waals surface area contributed by atoms with E-state index in [0.717, 1.165) is 78.1 Å². The summed E-state index contributed by atoms with van der Waals surface area (Å²) in [7, 11) is 0. The van der Waals surface area contributed by atoms with E-state index in [0.29, 0.717) is 0 Å². The lowest BCUT2D eigenvalue weighted by molar-refractivity contribution is 1.54. The fourth-order valence-corrected chi connectivity index (χ4v) is 5.92. The summed E-state index contributed by atoms with van der Waals surface area (Å²) < 4.78 is 0. The average Bonchev–Trinajstić information content (AvgIpc) is 3.10. The molecular weight excluding hydrogens is 532 g/mol. The lowest BCUT2D eigenvalue weighted by Crippen LogP contribution is -1.96. The number of nitrogens with two attached hydrogens (primary N) is 2. The van der Waals surface area contributed by atoms with Crippen molar-refractivity contribution in [3.8, 4) is 66.8 Å². The smallest absolute Gasteiger partial charge is 0.0473 e. The van der Waals surface area contributed by atoms with E-state index in [4.69, 9.17) is 11.5 Å². The zero-order valence-corrected chi connectivity index (χ0v) is 24.3. The zero-order chi connectivity index (χ0) is 29.9. The van der Waals surface area contributed by atoms with E-state index < -0.39 is 0 Å². The predicted octanol–water partition coefficient (Wildman–Crippen LogP) is 10.9. The van der Waals surface area contributed by atoms with Crippen molar-refractivity contribution < 1.29 is 0 Å². The Bertz CT molecular complexity index is 1760. The summed E-state index contributed by atoms with van der Waals surface area (Å²) in [6.07, 6.45) is 0. The second kappa shape index (κ2) is 11.8. The first-order valence-corrected chi connectivity index (χ1v) is 14.9. The Morgan fingerprint density at radius 3 is 0.682 bits per heavy atom. The molecular formula is C42H32N2. The molecule has 7 aromatic carbocycles. The van der Waals surface area contributed by atoms with Crippen molar-refractivity contribution in [1.29, 1.82) is 0 Å². The molecule has 2 nitrogen and oxygen atoms in total. The molecule has 0 heterocycles. The molecule has 210 valence electrons. The molecule has 44 heavy (non-hydrogen) atoms. The molecule has 0 atom stereocenters. The van der Waals surface area contributed by atoms with Crippen LogP contribution in [0.2, 0.25) is 0 Å². The van der Waals surface area contributed by atoms with E-state index in [1.807, 2.05) is 24.3 Å². The lowest BCUT2D eigenvalue weighted by atomic mass is 9.89. The summed E-state index contributed by atoms with van der Waals surface area (Å²) in [5, 5.41) is 0. The van der Waals surface area contributed by atoms with E-state index in [9.17, 15) is 0 Å². The quantitative estimate of drug-likeness (QED) is 0.197. The normalized spacial score (nSPS) is 10.9. The zero-order valence-electron chi connectivity index (χ0n) is 24.3. The van der Waals surface area contributed by atoms with E-state index in [1.165, 1.54) is 0 Å². The molecule has 0 bridgehead atoms. The van der Waals surface area contributed by atoms with Gasteiger partial charge in [-0.05, 0) is 68.8 Å². The molecule has 0 fully saturated rings. The molecule has 7 aromatic rings. The fraction of sp³-hybridized carbons (Fsp3) is 0. The number of hydrogen-bond donors (Lipinski definition) is 2. The van der Waals surface area contributed by atoms with Gasteiger partial charge < -0.3 is 11.5 Å². The van der Waals surface area contributed by atoms with E-state index in [-0.39, 0.29) is 0 Å². The highest BCUT2D eigenvalue weighted by atomic mass is 14.6. The van der Waals surface area contributed by atoms with Gasteiger partial charge in [0.25, 0.3) is 0 Å². The van der Waals surface area contributed by atoms with E-state index in [1.54, 1.807) is 0 Å². The molecule has 0 aliphatic heterocycles. The highest BCUT2D eigenvalue weighted by Gasteiger charge is 2.15. The first-order valence-electron chi connectivity index (χ1n) is 14.9. The van der Waals surface area contributed by atoms with Crippen LogP contribution >= 0.6 is 0 Å². The molecule has 0 aliphatic rings. The molecule has 0 amide bonds. The molecule has 0 aliphatic carbocycles. The molecule has 0 unspecified atom stereocenters. The molecule has 7 rings (SSSR count). The number of rotatable bonds is 6. The van der Waals surface area contributed by atoms with Crippen LogP contribution in [-0.2, 0) is 0 Å². The van der Waals surface area contributed by atoms with Crippen LogP contribution in [0.1, 0.15) is 0 Å². The fourth-order valence-electron chi connectivity index (χ4n) is 5.92. The monoisotopic (exact) mass is 564 g/mol. The maximum Gasteiger partial charge on any atom is 0.0473 e. The van der Waals surface area contributed by atoms with Gasteiger partial charge in [0.2, 0.25) is 0 Å². The summed E-state index contributed by atoms with van der Waals surface area (Å²) in [6, 6.07) is 59.1. The Labute approximate surface area is 258 Å². The Balaban J connectivity index is 1.34. The van der Waals surface area contributed by atoms with Crippen molar-refractivity contribution in [3.05, 3.63) is 170 Å². The van der Waals surface area contributed by atoms with Crippen molar-refractivity contribution in [3.63, 3.8) is 0 Å². The second-order valence-electron chi connectivity index (χ2n) is 11.0. The Hall–Kier alpha value is -5.86. The van der Waals surface area contributed by atoms with Gasteiger partial charge in [0.05, 0.1) is 0 Å². The third-order valence-electron chi connectivity index (χ3n) is 8.25. The first-order chi connectivity index (χ1) is 21.7. The molecule has 0 aromatic heterocycles. The van der Waals surface area contributed by atoms with Crippen LogP contribution in [0.4, 0.5) is 11.4 Å². The third-order valence-corrected chi connectivity index (χ3v) is 8.25. The first kappa shape index (κ1) is 27.0. The number of hydrogen-bond acceptors (Lipinski definition) is 2. The van der Waals surface area contributed by atoms with Gasteiger partial charge in [0.15, 0.2) is 0 Å². The van der Waals surface area contributed by atoms with Crippen molar-refractivity contribution >= 4 is 11.4 Å². The van der Waals surface area contributed by atoms with Gasteiger partial charge in [-0.1, -0.05) is 146 Å². The largest absolute Gasteiger partial charge is 0.398 e. The van der Waals surface area contributed by atoms with Gasteiger partial charge in [-0.3, -0.25) is 0 Å². The van der Waals surface area contributed by atoms with Crippen LogP contribution in [0, 0.1) is 0 Å². The van der Waals surface area contributed by atoms with Gasteiger partial charge in [-0.25, -0.2) is 0 Å². The van der Waals surface area contributed by atoms with Crippen molar-refractivity contribution in [1.82, 2.24) is 0 Å². The van der Waals surface area contributed by atoms with Gasteiger partial charge in [0.1, 0.15) is 0 Å². The maximum atomic E-state index is 6.82. The van der Waals surface area contributed by atoms with Crippen LogP contribution in [0.15, 0.2) is 170 Å². The van der Waals surface area contributed by atoms with E-state index >= 15 is 0 Å². The van der Waals surface area contributed by atoms with Crippen molar-refractivity contribution in [2.75, 3.05) is 11.5 Å². The van der Waals surface area contributed by atoms with Gasteiger partial charge >= 0.3 is 0 Å². The minimum absolute atomic E-state index is 0.784. The topological polar surface area (TPSA) is 52.0 Å². The SMILES string of the molecule is Nc1c(-c2ccccc2)cc(-c2ccc(-c3cc(-c4ccccc4)c(N)c(-c4ccccc4)c3)cc2)cc1-c1ccccc1. The summed E-state index contributed by atoms with van der Waals surface area (Å²) in [5.41, 5.74) is 28.2. The van der Waals surface area contributed by atoms with Crippen LogP contribution < -0.4 is 11.5 Å². The van der Waals surface area contributed by atoms with Crippen LogP contribution in [0.25, 0.3) is 66.8 Å². The maximum absolute atomic E-state index is 6.82. The molecule has 4 N–H and O–H groups in total. The number of benzene rings is 7. The molecule has 0 saturated carbocycles. The Morgan fingerprint density at radius 2 is 0.455 bits per heavy atom. The third kappa shape index (κ3) is 5.26. The standard InChI is InChI=1S/C42H32N2/c43-41-37(31-13-5-1-6-14-31)25-35(26-38(41)32-15-7-2-8-16-32)29-21-23-30(24-22-29)36-27-39(33-17-9-3-10-18-33)42(44)40(28-36)34-19-11-4-12-20-34/h1-28H,43-44H2. The minimum atomic E-state index is 0.784. The van der Waals surface area contributed by atoms with Crippen molar-refractivity contribution in [2.45, 2.75) is 0 Å². The molecule has 0 saturated heterocycles. The summed E-state index contributed by atoms with van der Waals surface area (Å²) in [4.78, 5) is 0. The number of nitrogen functional groups attached to an aromatic ring is 2. The van der Waals surface area contributed by atoms with Crippen LogP contribution in [0.3, 0.4) is 0 Å². The summed E-state index contributed by atoms with van der Waals surface area (Å²) >= 11 is 0. The molecule has 2 heteroatoms. The molecule has 0 spiro atoms. The predicted molar refractivity (Wildman–Crippen MR) is 188 cm³/mol. The van der Waals surface area contributed by atoms with Gasteiger partial charge in [-0.15, -0.1) is 0 Å². The highest BCUT2D eigenvalue weighted by Crippen LogP contribution is 2.41. The lowest BCUT2D eigenvalue weighted by Gasteiger charge is -2.17. The minimum Gasteiger partial charge on any atom is -0.398 e. The number of anilines is 2. The average molecular weight is 565 g/mol. The summed E-state index contributed by atoms with van der Waals surface area (Å²) in [5.74, 6) is 0. The summed E-state index contributed by atoms with van der Waals surface area (Å²) in [6.45, 7) is 0. The van der Waals surface area contributed by atoms with Crippen molar-refractivity contribution in [2.24, 2.45) is 0 Å². The second-order valence-corrected chi connectivity index (χ2v) is 11.0. The molecule has 0 radical (unpaired) electrons. The van der Waals surface area contributed by atoms with Gasteiger partial charge in [0, 0.05) is 33.6 Å². The Kier molecular flexibility index (Phi) is 7.24. The van der Waals surface area contributed by atoms with E-state index in [2.05, 4.69) is 146 Å². The van der Waals surface area contributed by atoms with Crippen LogP contribution in [-0.4, -0.2) is 0 Å². The van der Waals surface area contributed by atoms with Gasteiger partial charge in [-0.2, -0.15) is 0 Å². The van der Waals surface area contributed by atoms with Crippen LogP contribution in [0.5, 0.6) is 0 Å².